The van der Waals surface area contributed by atoms with Crippen molar-refractivity contribution < 1.29 is 18.6 Å². The zero-order chi connectivity index (χ0) is 10.9. The Bertz CT molecular complexity index is 215. The number of aliphatic hydroxyl groups is 2. The number of unbranched alkanes of at least 4 members (excludes halogenated alkanes) is 2. The van der Waals surface area contributed by atoms with Crippen molar-refractivity contribution in [3.63, 3.8) is 0 Å². The van der Waals surface area contributed by atoms with Gasteiger partial charge >= 0.3 is 0 Å². The lowest BCUT2D eigenvalue weighted by Crippen LogP contribution is -2.27. The number of aliphatic hydroxyl groups excluding tert-OH is 2. The maximum absolute atomic E-state index is 11.2. The van der Waals surface area contributed by atoms with E-state index in [1.54, 1.807) is 0 Å². The maximum atomic E-state index is 11.2. The highest BCUT2D eigenvalue weighted by Gasteiger charge is 2.07. The second-order valence-corrected chi connectivity index (χ2v) is 5.00. The van der Waals surface area contributed by atoms with E-state index in [9.17, 15) is 8.42 Å². The molecule has 0 atom stereocenters. The van der Waals surface area contributed by atoms with E-state index in [4.69, 9.17) is 10.2 Å². The van der Waals surface area contributed by atoms with Gasteiger partial charge in [0, 0.05) is 19.8 Å². The van der Waals surface area contributed by atoms with Gasteiger partial charge in [-0.2, -0.15) is 0 Å². The molecule has 0 rings (SSSR count). The highest BCUT2D eigenvalue weighted by Crippen LogP contribution is 1.94. The van der Waals surface area contributed by atoms with Gasteiger partial charge in [0.05, 0.1) is 5.75 Å². The van der Waals surface area contributed by atoms with Gasteiger partial charge in [-0.25, -0.2) is 13.1 Å². The lowest BCUT2D eigenvalue weighted by Gasteiger charge is -2.05. The minimum atomic E-state index is -3.18. The minimum absolute atomic E-state index is 0.0278. The van der Waals surface area contributed by atoms with Crippen LogP contribution in [-0.4, -0.2) is 44.1 Å². The summed E-state index contributed by atoms with van der Waals surface area (Å²) in [5.41, 5.74) is 0. The number of hydrogen-bond donors (Lipinski definition) is 3. The molecule has 0 unspecified atom stereocenters. The molecular formula is C8H19NO4S. The molecule has 0 spiro atoms. The van der Waals surface area contributed by atoms with Crippen LogP contribution in [0.4, 0.5) is 0 Å². The first-order valence-corrected chi connectivity index (χ1v) is 6.46. The molecule has 6 heteroatoms. The van der Waals surface area contributed by atoms with Crippen LogP contribution in [0.3, 0.4) is 0 Å². The lowest BCUT2D eigenvalue weighted by molar-refractivity contribution is 0.284. The van der Waals surface area contributed by atoms with E-state index in [2.05, 4.69) is 4.72 Å². The van der Waals surface area contributed by atoms with Gasteiger partial charge in [0.1, 0.15) is 0 Å². The van der Waals surface area contributed by atoms with Crippen LogP contribution in [0.5, 0.6) is 0 Å². The van der Waals surface area contributed by atoms with Gasteiger partial charge in [-0.05, 0) is 25.7 Å². The highest BCUT2D eigenvalue weighted by molar-refractivity contribution is 7.89. The average Bonchev–Trinajstić information content (AvgIpc) is 2.13. The Morgan fingerprint density at radius 3 is 2.07 bits per heavy atom. The second-order valence-electron chi connectivity index (χ2n) is 3.07. The van der Waals surface area contributed by atoms with Crippen molar-refractivity contribution >= 4 is 10.0 Å². The van der Waals surface area contributed by atoms with E-state index >= 15 is 0 Å². The molecule has 14 heavy (non-hydrogen) atoms. The van der Waals surface area contributed by atoms with Gasteiger partial charge in [0.25, 0.3) is 0 Å². The third-order valence-corrected chi connectivity index (χ3v) is 3.20. The SMILES string of the molecule is O=S(=O)(CCCCO)NCCCCO. The van der Waals surface area contributed by atoms with Crippen LogP contribution in [-0.2, 0) is 10.0 Å². The summed E-state index contributed by atoms with van der Waals surface area (Å²) in [6.07, 6.45) is 2.25. The molecular weight excluding hydrogens is 206 g/mol. The Morgan fingerprint density at radius 1 is 0.929 bits per heavy atom. The van der Waals surface area contributed by atoms with Crippen LogP contribution < -0.4 is 4.72 Å². The van der Waals surface area contributed by atoms with Crippen molar-refractivity contribution in [3.05, 3.63) is 0 Å². The molecule has 0 saturated heterocycles. The van der Waals surface area contributed by atoms with E-state index in [1.807, 2.05) is 0 Å². The van der Waals surface area contributed by atoms with Crippen LogP contribution in [0, 0.1) is 0 Å². The van der Waals surface area contributed by atoms with Crippen molar-refractivity contribution in [2.45, 2.75) is 25.7 Å². The Hall–Kier alpha value is -0.170. The molecule has 0 aromatic carbocycles. The summed E-state index contributed by atoms with van der Waals surface area (Å²) in [5.74, 6) is 0.0622. The van der Waals surface area contributed by atoms with E-state index in [0.29, 0.717) is 32.2 Å². The van der Waals surface area contributed by atoms with E-state index in [1.165, 1.54) is 0 Å². The van der Waals surface area contributed by atoms with E-state index < -0.39 is 10.0 Å². The quantitative estimate of drug-likeness (QED) is 0.460. The molecule has 0 aliphatic heterocycles. The summed E-state index contributed by atoms with van der Waals surface area (Å²) in [7, 11) is -3.18. The molecule has 0 saturated carbocycles. The summed E-state index contributed by atoms with van der Waals surface area (Å²) in [6, 6.07) is 0. The Kier molecular flexibility index (Phi) is 8.07. The summed E-state index contributed by atoms with van der Waals surface area (Å²) in [5, 5.41) is 16.9. The highest BCUT2D eigenvalue weighted by atomic mass is 32.2. The Labute approximate surface area is 85.2 Å². The molecule has 0 aromatic heterocycles. The van der Waals surface area contributed by atoms with Crippen LogP contribution >= 0.6 is 0 Å². The first kappa shape index (κ1) is 13.8. The predicted octanol–water partition coefficient (Wildman–Crippen LogP) is -0.549. The summed E-state index contributed by atoms with van der Waals surface area (Å²) < 4.78 is 24.9. The topological polar surface area (TPSA) is 86.6 Å². The normalized spacial score (nSPS) is 11.9. The number of rotatable bonds is 9. The minimum Gasteiger partial charge on any atom is -0.396 e. The van der Waals surface area contributed by atoms with Gasteiger partial charge in [-0.3, -0.25) is 0 Å². The van der Waals surface area contributed by atoms with E-state index in [0.717, 1.165) is 0 Å². The van der Waals surface area contributed by atoms with Gasteiger partial charge in [-0.15, -0.1) is 0 Å². The molecule has 0 bridgehead atoms. The van der Waals surface area contributed by atoms with Gasteiger partial charge in [0.2, 0.25) is 10.0 Å². The molecule has 86 valence electrons. The smallest absolute Gasteiger partial charge is 0.211 e. The largest absolute Gasteiger partial charge is 0.396 e. The molecule has 0 aliphatic rings. The second kappa shape index (κ2) is 8.16. The number of hydrogen-bond acceptors (Lipinski definition) is 4. The molecule has 0 aromatic rings. The third-order valence-electron chi connectivity index (χ3n) is 1.73. The molecule has 0 heterocycles. The predicted molar refractivity (Wildman–Crippen MR) is 54.4 cm³/mol. The fourth-order valence-corrected chi connectivity index (χ4v) is 2.12. The zero-order valence-electron chi connectivity index (χ0n) is 8.28. The zero-order valence-corrected chi connectivity index (χ0v) is 9.09. The fourth-order valence-electron chi connectivity index (χ4n) is 0.941. The Balaban J connectivity index is 3.52. The van der Waals surface area contributed by atoms with Crippen LogP contribution in [0.25, 0.3) is 0 Å². The van der Waals surface area contributed by atoms with Crippen molar-refractivity contribution in [1.29, 1.82) is 0 Å². The molecule has 3 N–H and O–H groups in total. The number of nitrogens with one attached hydrogen (secondary N) is 1. The molecule has 0 fully saturated rings. The maximum Gasteiger partial charge on any atom is 0.211 e. The van der Waals surface area contributed by atoms with Crippen LogP contribution in [0.1, 0.15) is 25.7 Å². The van der Waals surface area contributed by atoms with Crippen molar-refractivity contribution in [1.82, 2.24) is 4.72 Å². The van der Waals surface area contributed by atoms with Gasteiger partial charge < -0.3 is 10.2 Å². The molecule has 5 nitrogen and oxygen atoms in total. The van der Waals surface area contributed by atoms with Gasteiger partial charge in [-0.1, -0.05) is 0 Å². The van der Waals surface area contributed by atoms with E-state index in [-0.39, 0.29) is 19.0 Å². The van der Waals surface area contributed by atoms with Crippen LogP contribution in [0.2, 0.25) is 0 Å². The van der Waals surface area contributed by atoms with Crippen molar-refractivity contribution in [3.8, 4) is 0 Å². The molecule has 0 radical (unpaired) electrons. The first-order chi connectivity index (χ1) is 6.62. The third kappa shape index (κ3) is 8.43. The summed E-state index contributed by atoms with van der Waals surface area (Å²) in [4.78, 5) is 0. The van der Waals surface area contributed by atoms with Crippen LogP contribution in [0.15, 0.2) is 0 Å². The number of sulfonamides is 1. The van der Waals surface area contributed by atoms with Crippen molar-refractivity contribution in [2.75, 3.05) is 25.5 Å². The molecule has 0 amide bonds. The molecule has 0 aliphatic carbocycles. The standard InChI is InChI=1S/C8H19NO4S/c10-6-2-1-5-9-14(12,13)8-4-3-7-11/h9-11H,1-8H2. The van der Waals surface area contributed by atoms with Gasteiger partial charge in [0.15, 0.2) is 0 Å². The van der Waals surface area contributed by atoms with Crippen molar-refractivity contribution in [2.24, 2.45) is 0 Å². The lowest BCUT2D eigenvalue weighted by atomic mass is 10.3. The average molecular weight is 225 g/mol. The summed E-state index contributed by atoms with van der Waals surface area (Å²) in [6.45, 7) is 0.494. The monoisotopic (exact) mass is 225 g/mol. The first-order valence-electron chi connectivity index (χ1n) is 4.81. The fraction of sp³-hybridized carbons (Fsp3) is 1.00. The summed E-state index contributed by atoms with van der Waals surface area (Å²) >= 11 is 0. The Morgan fingerprint density at radius 2 is 1.50 bits per heavy atom.